The second-order valence-corrected chi connectivity index (χ2v) is 10.3. The van der Waals surface area contributed by atoms with E-state index < -0.39 is 0 Å². The maximum Gasteiger partial charge on any atom is 0.225 e. The monoisotopic (exact) mass is 539 g/mol. The summed E-state index contributed by atoms with van der Waals surface area (Å²) in [4.78, 5) is 19.5. The maximum atomic E-state index is 12.9. The molecule has 3 atom stereocenters. The normalized spacial score (nSPS) is 21.1. The first-order chi connectivity index (χ1) is 16.5. The smallest absolute Gasteiger partial charge is 0.225 e. The molecule has 2 aliphatic rings. The zero-order valence-electron chi connectivity index (χ0n) is 19.0. The summed E-state index contributed by atoms with van der Waals surface area (Å²) in [7, 11) is 1.92. The first-order valence-electron chi connectivity index (χ1n) is 11.6. The molecule has 8 heteroatoms. The van der Waals surface area contributed by atoms with Crippen molar-refractivity contribution < 1.29 is 4.79 Å². The number of halogens is 2. The van der Waals surface area contributed by atoms with Gasteiger partial charge in [-0.2, -0.15) is 9.61 Å². The lowest BCUT2D eigenvalue weighted by molar-refractivity contribution is -0.131. The topological polar surface area (TPSA) is 62.5 Å². The van der Waals surface area contributed by atoms with E-state index >= 15 is 0 Å². The van der Waals surface area contributed by atoms with Crippen molar-refractivity contribution in [3.63, 3.8) is 0 Å². The van der Waals surface area contributed by atoms with Crippen molar-refractivity contribution in [2.24, 2.45) is 17.8 Å². The van der Waals surface area contributed by atoms with Crippen LogP contribution in [0.1, 0.15) is 19.3 Å². The minimum Gasteiger partial charge on any atom is -0.370 e. The molecule has 1 amide bonds. The van der Waals surface area contributed by atoms with Crippen LogP contribution in [0.15, 0.2) is 65.3 Å². The summed E-state index contributed by atoms with van der Waals surface area (Å²) in [5, 5.41) is 8.56. The molecule has 0 saturated heterocycles. The Balaban J connectivity index is 1.20. The zero-order chi connectivity index (χ0) is 23.7. The molecular formula is C26H27BrClN5O. The number of rotatable bonds is 8. The first kappa shape index (κ1) is 23.1. The second-order valence-electron chi connectivity index (χ2n) is 8.99. The summed E-state index contributed by atoms with van der Waals surface area (Å²) in [6.45, 7) is 1.42. The minimum atomic E-state index is 0.179. The minimum absolute atomic E-state index is 0.179. The van der Waals surface area contributed by atoms with Crippen molar-refractivity contribution in [3.8, 4) is 11.3 Å². The van der Waals surface area contributed by atoms with Gasteiger partial charge in [-0.1, -0.05) is 54.1 Å². The van der Waals surface area contributed by atoms with Gasteiger partial charge in [0.1, 0.15) is 5.82 Å². The summed E-state index contributed by atoms with van der Waals surface area (Å²) in [5.74, 6) is 2.30. The Labute approximate surface area is 212 Å². The molecule has 1 saturated carbocycles. The molecule has 1 N–H and O–H groups in total. The molecule has 1 unspecified atom stereocenters. The highest BCUT2D eigenvalue weighted by molar-refractivity contribution is 9.10. The molecule has 2 heterocycles. The fourth-order valence-corrected chi connectivity index (χ4v) is 5.26. The molecule has 0 aliphatic heterocycles. The van der Waals surface area contributed by atoms with Crippen LogP contribution in [0.2, 0.25) is 5.02 Å². The van der Waals surface area contributed by atoms with Crippen molar-refractivity contribution in [3.05, 3.63) is 70.3 Å². The lowest BCUT2D eigenvalue weighted by Crippen LogP contribution is -2.31. The largest absolute Gasteiger partial charge is 0.370 e. The van der Waals surface area contributed by atoms with Crippen LogP contribution in [0.3, 0.4) is 0 Å². The average Bonchev–Trinajstić information content (AvgIpc) is 3.58. The van der Waals surface area contributed by atoms with E-state index in [1.807, 2.05) is 42.3 Å². The fourth-order valence-electron chi connectivity index (χ4n) is 4.68. The van der Waals surface area contributed by atoms with Crippen LogP contribution >= 0.6 is 27.5 Å². The van der Waals surface area contributed by atoms with Gasteiger partial charge < -0.3 is 10.2 Å². The van der Waals surface area contributed by atoms with Crippen LogP contribution < -0.4 is 5.32 Å². The fraction of sp³-hybridized carbons (Fsp3) is 0.346. The molecule has 34 heavy (non-hydrogen) atoms. The van der Waals surface area contributed by atoms with E-state index in [4.69, 9.17) is 16.6 Å². The number of nitrogens with zero attached hydrogens (tertiary/aromatic N) is 4. The van der Waals surface area contributed by atoms with Crippen LogP contribution in [0.25, 0.3) is 16.9 Å². The summed E-state index contributed by atoms with van der Waals surface area (Å²) in [5.41, 5.74) is 2.37. The van der Waals surface area contributed by atoms with Crippen molar-refractivity contribution in [1.29, 1.82) is 0 Å². The summed E-state index contributed by atoms with van der Waals surface area (Å²) in [6, 6.07) is 9.64. The number of anilines is 1. The Hall–Kier alpha value is -2.64. The van der Waals surface area contributed by atoms with E-state index in [2.05, 4.69) is 50.6 Å². The summed E-state index contributed by atoms with van der Waals surface area (Å²) < 4.78 is 2.59. The number of hydrogen-bond donors (Lipinski definition) is 1. The SMILES string of the molecule is CN(CCCNc1cc(-c2ccccc2Cl)nc2c(Br)cnn12)C(=O)[C@@H]1C[C@H]1C1C=CC=CC1. The third kappa shape index (κ3) is 4.77. The zero-order valence-corrected chi connectivity index (χ0v) is 21.3. The van der Waals surface area contributed by atoms with Gasteiger partial charge >= 0.3 is 0 Å². The van der Waals surface area contributed by atoms with E-state index in [1.54, 1.807) is 10.7 Å². The lowest BCUT2D eigenvalue weighted by atomic mass is 9.94. The highest BCUT2D eigenvalue weighted by Gasteiger charge is 2.47. The predicted octanol–water partition coefficient (Wildman–Crippen LogP) is 5.84. The van der Waals surface area contributed by atoms with Crippen LogP contribution in [0, 0.1) is 17.8 Å². The molecule has 2 aromatic heterocycles. The Kier molecular flexibility index (Phi) is 6.75. The van der Waals surface area contributed by atoms with Crippen LogP contribution in [0.4, 0.5) is 5.82 Å². The molecule has 176 valence electrons. The molecule has 0 spiro atoms. The third-order valence-corrected chi connectivity index (χ3v) is 7.54. The predicted molar refractivity (Wildman–Crippen MR) is 140 cm³/mol. The quantitative estimate of drug-likeness (QED) is 0.365. The van der Waals surface area contributed by atoms with Gasteiger partial charge in [0.15, 0.2) is 5.65 Å². The summed E-state index contributed by atoms with van der Waals surface area (Å²) in [6.07, 6.45) is 13.3. The molecule has 5 rings (SSSR count). The van der Waals surface area contributed by atoms with Gasteiger partial charge in [0.05, 0.1) is 16.4 Å². The number of amides is 1. The molecule has 3 aromatic rings. The van der Waals surface area contributed by atoms with E-state index in [-0.39, 0.29) is 11.8 Å². The number of hydrogen-bond acceptors (Lipinski definition) is 4. The van der Waals surface area contributed by atoms with E-state index in [1.165, 1.54) is 0 Å². The Bertz CT molecular complexity index is 1270. The van der Waals surface area contributed by atoms with Crippen LogP contribution in [-0.4, -0.2) is 45.5 Å². The highest BCUT2D eigenvalue weighted by Crippen LogP contribution is 2.47. The van der Waals surface area contributed by atoms with Gasteiger partial charge in [-0.15, -0.1) is 0 Å². The molecule has 6 nitrogen and oxygen atoms in total. The number of carbonyl (C=O) groups excluding carboxylic acids is 1. The van der Waals surface area contributed by atoms with E-state index in [0.29, 0.717) is 29.9 Å². The molecule has 0 bridgehead atoms. The number of benzene rings is 1. The standard InChI is InChI=1S/C26H27BrClN5O/c1-32(26(34)20-14-19(20)17-8-3-2-4-9-17)13-7-12-29-24-15-23(18-10-5-6-11-22(18)28)31-25-21(27)16-30-33(24)25/h2-6,8,10-11,15-17,19-20,29H,7,9,12-14H2,1H3/t17?,19-,20+/m0/s1. The van der Waals surface area contributed by atoms with Crippen molar-refractivity contribution in [2.75, 3.05) is 25.5 Å². The van der Waals surface area contributed by atoms with E-state index in [9.17, 15) is 4.79 Å². The Morgan fingerprint density at radius 3 is 2.97 bits per heavy atom. The van der Waals surface area contributed by atoms with Crippen LogP contribution in [0.5, 0.6) is 0 Å². The lowest BCUT2D eigenvalue weighted by Gasteiger charge is -2.19. The number of carbonyl (C=O) groups is 1. The Morgan fingerprint density at radius 1 is 1.32 bits per heavy atom. The van der Waals surface area contributed by atoms with Gasteiger partial charge in [0.2, 0.25) is 5.91 Å². The van der Waals surface area contributed by atoms with Gasteiger partial charge in [-0.05, 0) is 53.1 Å². The van der Waals surface area contributed by atoms with Crippen LogP contribution in [-0.2, 0) is 4.79 Å². The number of aromatic nitrogens is 3. The first-order valence-corrected chi connectivity index (χ1v) is 12.8. The second kappa shape index (κ2) is 9.92. The van der Waals surface area contributed by atoms with Gasteiger partial charge in [-0.3, -0.25) is 4.79 Å². The van der Waals surface area contributed by atoms with Gasteiger partial charge in [0, 0.05) is 42.7 Å². The third-order valence-electron chi connectivity index (χ3n) is 6.65. The van der Waals surface area contributed by atoms with Gasteiger partial charge in [0.25, 0.3) is 0 Å². The molecule has 1 fully saturated rings. The van der Waals surface area contributed by atoms with Crippen molar-refractivity contribution in [1.82, 2.24) is 19.5 Å². The highest BCUT2D eigenvalue weighted by atomic mass is 79.9. The molecule has 0 radical (unpaired) electrons. The van der Waals surface area contributed by atoms with Crippen molar-refractivity contribution in [2.45, 2.75) is 19.3 Å². The number of fused-ring (bicyclic) bond motifs is 1. The number of nitrogens with one attached hydrogen (secondary N) is 1. The number of allylic oxidation sites excluding steroid dienone is 4. The van der Waals surface area contributed by atoms with Gasteiger partial charge in [-0.25, -0.2) is 4.98 Å². The average molecular weight is 541 g/mol. The van der Waals surface area contributed by atoms with Crippen molar-refractivity contribution >= 4 is 44.9 Å². The maximum absolute atomic E-state index is 12.9. The molecule has 1 aromatic carbocycles. The Morgan fingerprint density at radius 2 is 2.18 bits per heavy atom. The summed E-state index contributed by atoms with van der Waals surface area (Å²) >= 11 is 9.96. The van der Waals surface area contributed by atoms with E-state index in [0.717, 1.165) is 46.5 Å². The molecular weight excluding hydrogens is 514 g/mol. The molecule has 2 aliphatic carbocycles.